The summed E-state index contributed by atoms with van der Waals surface area (Å²) in [5.74, 6) is -0.514. The lowest BCUT2D eigenvalue weighted by Gasteiger charge is -2.04. The van der Waals surface area contributed by atoms with E-state index in [0.717, 1.165) is 5.56 Å². The molecule has 0 N–H and O–H groups in total. The summed E-state index contributed by atoms with van der Waals surface area (Å²) >= 11 is 5.73. The number of fused-ring (bicyclic) bond motifs is 1. The second kappa shape index (κ2) is 4.06. The number of aromatic nitrogens is 2. The number of nitrogens with zero attached hydrogens (tertiary/aromatic N) is 2. The number of carbonyl (C=O) groups excluding carboxylic acids is 1. The molecule has 0 aliphatic heterocycles. The zero-order chi connectivity index (χ0) is 11.7. The molecular weight excluding hydrogens is 228 g/mol. The third-order valence-corrected chi connectivity index (χ3v) is 2.37. The molecule has 0 fully saturated rings. The van der Waals surface area contributed by atoms with Crippen molar-refractivity contribution >= 4 is 28.5 Å². The van der Waals surface area contributed by atoms with Crippen LogP contribution in [0.2, 0.25) is 5.28 Å². The lowest BCUT2D eigenvalue weighted by atomic mass is 10.1. The lowest BCUT2D eigenvalue weighted by Crippen LogP contribution is -2.06. The Balaban J connectivity index is 2.79. The fourth-order valence-corrected chi connectivity index (χ4v) is 1.64. The van der Waals surface area contributed by atoms with Crippen molar-refractivity contribution in [3.05, 3.63) is 34.7 Å². The number of benzene rings is 1. The first-order valence-electron chi connectivity index (χ1n) is 4.64. The van der Waals surface area contributed by atoms with Gasteiger partial charge < -0.3 is 4.74 Å². The van der Waals surface area contributed by atoms with E-state index in [9.17, 15) is 4.79 Å². The molecular formula is C11H9ClN2O2. The van der Waals surface area contributed by atoms with Gasteiger partial charge in [-0.25, -0.2) is 14.8 Å². The molecule has 0 spiro atoms. The van der Waals surface area contributed by atoms with Gasteiger partial charge in [0.15, 0.2) is 5.69 Å². The van der Waals surface area contributed by atoms with Crippen LogP contribution < -0.4 is 0 Å². The van der Waals surface area contributed by atoms with Crippen LogP contribution in [0.5, 0.6) is 0 Å². The van der Waals surface area contributed by atoms with E-state index in [4.69, 9.17) is 11.6 Å². The van der Waals surface area contributed by atoms with Gasteiger partial charge in [-0.3, -0.25) is 0 Å². The maximum atomic E-state index is 11.5. The highest BCUT2D eigenvalue weighted by molar-refractivity contribution is 6.29. The number of hydrogen-bond acceptors (Lipinski definition) is 4. The standard InChI is InChI=1S/C11H9ClN2O2/c1-6-3-4-8-7(5-6)9(10(15)16-2)14-11(12)13-8/h3-5H,1-2H3. The third kappa shape index (κ3) is 1.84. The molecule has 82 valence electrons. The molecule has 16 heavy (non-hydrogen) atoms. The molecule has 0 atom stereocenters. The third-order valence-electron chi connectivity index (χ3n) is 2.20. The number of methoxy groups -OCH3 is 1. The van der Waals surface area contributed by atoms with E-state index in [-0.39, 0.29) is 11.0 Å². The van der Waals surface area contributed by atoms with Gasteiger partial charge >= 0.3 is 5.97 Å². The Morgan fingerprint density at radius 1 is 1.38 bits per heavy atom. The van der Waals surface area contributed by atoms with Crippen LogP contribution in [-0.4, -0.2) is 23.0 Å². The minimum Gasteiger partial charge on any atom is -0.464 e. The van der Waals surface area contributed by atoms with Crippen LogP contribution in [0.3, 0.4) is 0 Å². The maximum absolute atomic E-state index is 11.5. The summed E-state index contributed by atoms with van der Waals surface area (Å²) in [6, 6.07) is 5.52. The quantitative estimate of drug-likeness (QED) is 0.564. The Hall–Kier alpha value is -1.68. The highest BCUT2D eigenvalue weighted by atomic mass is 35.5. The zero-order valence-corrected chi connectivity index (χ0v) is 9.58. The molecule has 0 saturated heterocycles. The summed E-state index contributed by atoms with van der Waals surface area (Å²) < 4.78 is 4.65. The fraction of sp³-hybridized carbons (Fsp3) is 0.182. The molecule has 1 aromatic carbocycles. The van der Waals surface area contributed by atoms with Crippen LogP contribution in [-0.2, 0) is 4.74 Å². The van der Waals surface area contributed by atoms with Gasteiger partial charge in [0.1, 0.15) is 0 Å². The topological polar surface area (TPSA) is 52.1 Å². The summed E-state index contributed by atoms with van der Waals surface area (Å²) in [5.41, 5.74) is 1.84. The fourth-order valence-electron chi connectivity index (χ4n) is 1.47. The Morgan fingerprint density at radius 2 is 2.12 bits per heavy atom. The Morgan fingerprint density at radius 3 is 2.81 bits per heavy atom. The highest BCUT2D eigenvalue weighted by Gasteiger charge is 2.14. The van der Waals surface area contributed by atoms with Gasteiger partial charge in [0, 0.05) is 5.39 Å². The van der Waals surface area contributed by atoms with Gasteiger partial charge in [-0.05, 0) is 30.7 Å². The van der Waals surface area contributed by atoms with Crippen molar-refractivity contribution < 1.29 is 9.53 Å². The van der Waals surface area contributed by atoms with Crippen molar-refractivity contribution in [3.8, 4) is 0 Å². The van der Waals surface area contributed by atoms with Crippen LogP contribution in [0.1, 0.15) is 16.1 Å². The molecule has 0 amide bonds. The first kappa shape index (κ1) is 10.8. The predicted molar refractivity (Wildman–Crippen MR) is 60.6 cm³/mol. The number of rotatable bonds is 1. The van der Waals surface area contributed by atoms with Crippen molar-refractivity contribution in [2.45, 2.75) is 6.92 Å². The van der Waals surface area contributed by atoms with E-state index in [0.29, 0.717) is 10.9 Å². The molecule has 0 radical (unpaired) electrons. The van der Waals surface area contributed by atoms with Gasteiger partial charge in [-0.1, -0.05) is 11.6 Å². The van der Waals surface area contributed by atoms with E-state index in [1.807, 2.05) is 19.1 Å². The summed E-state index contributed by atoms with van der Waals surface area (Å²) in [5, 5.41) is 0.688. The lowest BCUT2D eigenvalue weighted by molar-refractivity contribution is 0.0596. The Kier molecular flexibility index (Phi) is 2.75. The normalized spacial score (nSPS) is 10.4. The highest BCUT2D eigenvalue weighted by Crippen LogP contribution is 2.19. The Labute approximate surface area is 97.2 Å². The van der Waals surface area contributed by atoms with Gasteiger partial charge in [-0.2, -0.15) is 0 Å². The number of halogens is 1. The molecule has 4 nitrogen and oxygen atoms in total. The number of ether oxygens (including phenoxy) is 1. The van der Waals surface area contributed by atoms with E-state index in [1.165, 1.54) is 7.11 Å². The second-order valence-electron chi connectivity index (χ2n) is 3.35. The van der Waals surface area contributed by atoms with Crippen molar-refractivity contribution in [2.75, 3.05) is 7.11 Å². The van der Waals surface area contributed by atoms with Gasteiger partial charge in [-0.15, -0.1) is 0 Å². The maximum Gasteiger partial charge on any atom is 0.357 e. The van der Waals surface area contributed by atoms with E-state index in [2.05, 4.69) is 14.7 Å². The molecule has 1 heterocycles. The molecule has 0 saturated carbocycles. The first-order chi connectivity index (χ1) is 7.61. The molecule has 5 heteroatoms. The van der Waals surface area contributed by atoms with E-state index < -0.39 is 5.97 Å². The van der Waals surface area contributed by atoms with Crippen molar-refractivity contribution in [1.29, 1.82) is 0 Å². The van der Waals surface area contributed by atoms with Crippen LogP contribution in [0.4, 0.5) is 0 Å². The predicted octanol–water partition coefficient (Wildman–Crippen LogP) is 2.38. The Bertz CT molecular complexity index is 569. The van der Waals surface area contributed by atoms with Crippen molar-refractivity contribution in [1.82, 2.24) is 9.97 Å². The average molecular weight is 237 g/mol. The molecule has 1 aromatic heterocycles. The molecule has 0 aliphatic carbocycles. The summed E-state index contributed by atoms with van der Waals surface area (Å²) in [6.45, 7) is 1.93. The van der Waals surface area contributed by atoms with Crippen LogP contribution >= 0.6 is 11.6 Å². The SMILES string of the molecule is COC(=O)c1nc(Cl)nc2ccc(C)cc12. The first-order valence-corrected chi connectivity index (χ1v) is 5.02. The molecule has 2 rings (SSSR count). The molecule has 0 bridgehead atoms. The summed E-state index contributed by atoms with van der Waals surface area (Å²) in [4.78, 5) is 19.5. The average Bonchev–Trinajstić information content (AvgIpc) is 2.27. The molecule has 0 unspecified atom stereocenters. The van der Waals surface area contributed by atoms with Crippen molar-refractivity contribution in [2.24, 2.45) is 0 Å². The summed E-state index contributed by atoms with van der Waals surface area (Å²) in [6.07, 6.45) is 0. The van der Waals surface area contributed by atoms with Crippen molar-refractivity contribution in [3.63, 3.8) is 0 Å². The molecule has 0 aliphatic rings. The van der Waals surface area contributed by atoms with Crippen LogP contribution in [0.15, 0.2) is 18.2 Å². The summed E-state index contributed by atoms with van der Waals surface area (Å²) in [7, 11) is 1.31. The van der Waals surface area contributed by atoms with Gasteiger partial charge in [0.05, 0.1) is 12.6 Å². The minimum absolute atomic E-state index is 0.0387. The van der Waals surface area contributed by atoms with E-state index in [1.54, 1.807) is 6.07 Å². The van der Waals surface area contributed by atoms with Gasteiger partial charge in [0.2, 0.25) is 5.28 Å². The van der Waals surface area contributed by atoms with Gasteiger partial charge in [0.25, 0.3) is 0 Å². The monoisotopic (exact) mass is 236 g/mol. The second-order valence-corrected chi connectivity index (χ2v) is 3.69. The van der Waals surface area contributed by atoms with Crippen LogP contribution in [0.25, 0.3) is 10.9 Å². The number of aryl methyl sites for hydroxylation is 1. The number of esters is 1. The minimum atomic E-state index is -0.514. The van der Waals surface area contributed by atoms with E-state index >= 15 is 0 Å². The number of carbonyl (C=O) groups is 1. The zero-order valence-electron chi connectivity index (χ0n) is 8.82. The largest absolute Gasteiger partial charge is 0.464 e. The number of hydrogen-bond donors (Lipinski definition) is 0. The smallest absolute Gasteiger partial charge is 0.357 e. The molecule has 2 aromatic rings. The van der Waals surface area contributed by atoms with Crippen LogP contribution in [0, 0.1) is 6.92 Å².